The molecule has 0 saturated carbocycles. The Bertz CT molecular complexity index is 599. The summed E-state index contributed by atoms with van der Waals surface area (Å²) in [6.45, 7) is 7.60. The zero-order valence-corrected chi connectivity index (χ0v) is 14.4. The van der Waals surface area contributed by atoms with Gasteiger partial charge in [0.05, 0.1) is 13.2 Å². The summed E-state index contributed by atoms with van der Waals surface area (Å²) >= 11 is 0. The molecular weight excluding hydrogens is 306 g/mol. The number of amides is 2. The Morgan fingerprint density at radius 3 is 2.29 bits per heavy atom. The predicted molar refractivity (Wildman–Crippen MR) is 91.8 cm³/mol. The molecule has 1 atom stereocenters. The number of hydrogen-bond acceptors (Lipinski definition) is 4. The van der Waals surface area contributed by atoms with Crippen molar-refractivity contribution in [1.29, 1.82) is 0 Å². The van der Waals surface area contributed by atoms with Crippen LogP contribution in [0.5, 0.6) is 0 Å². The molecule has 1 aromatic carbocycles. The van der Waals surface area contributed by atoms with Crippen LogP contribution < -0.4 is 4.90 Å². The van der Waals surface area contributed by atoms with Gasteiger partial charge in [-0.15, -0.1) is 0 Å². The molecular formula is C18H25N3O3. The lowest BCUT2D eigenvalue weighted by Gasteiger charge is -2.44. The van der Waals surface area contributed by atoms with Crippen molar-refractivity contribution in [3.8, 4) is 0 Å². The van der Waals surface area contributed by atoms with E-state index >= 15 is 0 Å². The van der Waals surface area contributed by atoms with Gasteiger partial charge >= 0.3 is 0 Å². The molecule has 130 valence electrons. The molecule has 2 heterocycles. The maximum absolute atomic E-state index is 12.9. The van der Waals surface area contributed by atoms with Crippen molar-refractivity contribution in [2.75, 3.05) is 50.8 Å². The number of benzene rings is 1. The average molecular weight is 331 g/mol. The highest BCUT2D eigenvalue weighted by molar-refractivity contribution is 5.86. The van der Waals surface area contributed by atoms with Gasteiger partial charge in [-0.25, -0.2) is 0 Å². The fraction of sp³-hybridized carbons (Fsp3) is 0.556. The Morgan fingerprint density at radius 1 is 1.00 bits per heavy atom. The zero-order valence-electron chi connectivity index (χ0n) is 14.4. The highest BCUT2D eigenvalue weighted by atomic mass is 16.5. The minimum atomic E-state index is -0.932. The van der Waals surface area contributed by atoms with Crippen LogP contribution in [0.1, 0.15) is 13.8 Å². The molecule has 0 spiro atoms. The largest absolute Gasteiger partial charge is 0.368 e. The van der Waals surface area contributed by atoms with Gasteiger partial charge < -0.3 is 19.4 Å². The van der Waals surface area contributed by atoms with E-state index in [2.05, 4.69) is 17.0 Å². The van der Waals surface area contributed by atoms with Crippen LogP contribution in [0.15, 0.2) is 30.3 Å². The van der Waals surface area contributed by atoms with E-state index in [-0.39, 0.29) is 11.8 Å². The second-order valence-corrected chi connectivity index (χ2v) is 6.63. The van der Waals surface area contributed by atoms with Crippen LogP contribution in [-0.2, 0) is 14.3 Å². The lowest BCUT2D eigenvalue weighted by atomic mass is 10.0. The highest BCUT2D eigenvalue weighted by Gasteiger charge is 2.43. The quantitative estimate of drug-likeness (QED) is 0.810. The van der Waals surface area contributed by atoms with Crippen molar-refractivity contribution in [3.63, 3.8) is 0 Å². The highest BCUT2D eigenvalue weighted by Crippen LogP contribution is 2.23. The molecule has 0 bridgehead atoms. The lowest BCUT2D eigenvalue weighted by molar-refractivity contribution is -0.171. The number of rotatable bonds is 2. The molecule has 2 fully saturated rings. The Hall–Kier alpha value is -2.08. The first-order valence-corrected chi connectivity index (χ1v) is 8.48. The number of hydrogen-bond donors (Lipinski definition) is 0. The predicted octanol–water partition coefficient (Wildman–Crippen LogP) is 0.973. The van der Waals surface area contributed by atoms with Crippen molar-refractivity contribution in [2.24, 2.45) is 0 Å². The van der Waals surface area contributed by atoms with E-state index in [1.807, 2.05) is 23.1 Å². The summed E-state index contributed by atoms with van der Waals surface area (Å²) in [6.07, 6.45) is 0. The SMILES string of the molecule is CC(=O)N1CCO[C@@](C)(C(=O)N2CCN(c3ccccc3)CC2)C1. The third kappa shape index (κ3) is 3.38. The number of para-hydroxylation sites is 1. The Balaban J connectivity index is 1.61. The van der Waals surface area contributed by atoms with Gasteiger partial charge in [0.15, 0.2) is 5.60 Å². The molecule has 0 aromatic heterocycles. The molecule has 0 radical (unpaired) electrons. The van der Waals surface area contributed by atoms with Crippen molar-refractivity contribution in [3.05, 3.63) is 30.3 Å². The maximum Gasteiger partial charge on any atom is 0.256 e. The number of nitrogens with zero attached hydrogens (tertiary/aromatic N) is 3. The number of carbonyl (C=O) groups excluding carboxylic acids is 2. The average Bonchev–Trinajstić information content (AvgIpc) is 2.62. The van der Waals surface area contributed by atoms with Crippen LogP contribution in [0, 0.1) is 0 Å². The minimum Gasteiger partial charge on any atom is -0.368 e. The smallest absolute Gasteiger partial charge is 0.256 e. The van der Waals surface area contributed by atoms with Gasteiger partial charge in [-0.3, -0.25) is 9.59 Å². The van der Waals surface area contributed by atoms with Crippen LogP contribution >= 0.6 is 0 Å². The molecule has 2 amide bonds. The normalized spacial score (nSPS) is 24.8. The summed E-state index contributed by atoms with van der Waals surface area (Å²) in [4.78, 5) is 30.4. The number of piperazine rings is 1. The monoisotopic (exact) mass is 331 g/mol. The van der Waals surface area contributed by atoms with Gasteiger partial charge in [-0.1, -0.05) is 18.2 Å². The van der Waals surface area contributed by atoms with Gasteiger partial charge in [0, 0.05) is 45.3 Å². The first-order chi connectivity index (χ1) is 11.5. The molecule has 3 rings (SSSR count). The van der Waals surface area contributed by atoms with Gasteiger partial charge in [0.2, 0.25) is 5.91 Å². The maximum atomic E-state index is 12.9. The van der Waals surface area contributed by atoms with Crippen LogP contribution in [0.25, 0.3) is 0 Å². The third-order valence-electron chi connectivity index (χ3n) is 4.86. The fourth-order valence-electron chi connectivity index (χ4n) is 3.41. The zero-order chi connectivity index (χ0) is 17.2. The molecule has 2 aliphatic rings. The van der Waals surface area contributed by atoms with Crippen molar-refractivity contribution in [2.45, 2.75) is 19.4 Å². The molecule has 6 heteroatoms. The molecule has 6 nitrogen and oxygen atoms in total. The first kappa shape index (κ1) is 16.8. The topological polar surface area (TPSA) is 53.1 Å². The summed E-state index contributed by atoms with van der Waals surface area (Å²) in [7, 11) is 0. The molecule has 2 saturated heterocycles. The summed E-state index contributed by atoms with van der Waals surface area (Å²) in [5.41, 5.74) is 0.256. The molecule has 0 unspecified atom stereocenters. The molecule has 24 heavy (non-hydrogen) atoms. The second-order valence-electron chi connectivity index (χ2n) is 6.63. The van der Waals surface area contributed by atoms with E-state index in [0.29, 0.717) is 32.8 Å². The standard InChI is InChI=1S/C18H25N3O3/c1-15(22)21-12-13-24-18(2,14-21)17(23)20-10-8-19(9-11-20)16-6-4-3-5-7-16/h3-7H,8-14H2,1-2H3/t18-/m1/s1. The van der Waals surface area contributed by atoms with Crippen molar-refractivity contribution >= 4 is 17.5 Å². The van der Waals surface area contributed by atoms with Crippen LogP contribution in [0.2, 0.25) is 0 Å². The fourth-order valence-corrected chi connectivity index (χ4v) is 3.41. The Labute approximate surface area is 143 Å². The summed E-state index contributed by atoms with van der Waals surface area (Å²) < 4.78 is 5.77. The van der Waals surface area contributed by atoms with Gasteiger partial charge in [-0.05, 0) is 19.1 Å². The van der Waals surface area contributed by atoms with E-state index in [0.717, 1.165) is 13.1 Å². The second kappa shape index (κ2) is 6.81. The van der Waals surface area contributed by atoms with Crippen molar-refractivity contribution < 1.29 is 14.3 Å². The number of carbonyl (C=O) groups is 2. The molecule has 2 aliphatic heterocycles. The minimum absolute atomic E-state index is 0.00813. The van der Waals surface area contributed by atoms with E-state index in [1.54, 1.807) is 11.8 Å². The van der Waals surface area contributed by atoms with E-state index in [9.17, 15) is 9.59 Å². The molecule has 0 aliphatic carbocycles. The number of ether oxygens (including phenoxy) is 1. The van der Waals surface area contributed by atoms with Crippen LogP contribution in [-0.4, -0.2) is 73.1 Å². The Kier molecular flexibility index (Phi) is 4.76. The number of anilines is 1. The van der Waals surface area contributed by atoms with Gasteiger partial charge in [-0.2, -0.15) is 0 Å². The van der Waals surface area contributed by atoms with Gasteiger partial charge in [0.25, 0.3) is 5.91 Å². The summed E-state index contributed by atoms with van der Waals surface area (Å²) in [5.74, 6) is -0.0209. The molecule has 1 aromatic rings. The lowest BCUT2D eigenvalue weighted by Crippen LogP contribution is -2.62. The van der Waals surface area contributed by atoms with Crippen molar-refractivity contribution in [1.82, 2.24) is 9.80 Å². The van der Waals surface area contributed by atoms with Crippen LogP contribution in [0.4, 0.5) is 5.69 Å². The van der Waals surface area contributed by atoms with E-state index in [4.69, 9.17) is 4.74 Å². The Morgan fingerprint density at radius 2 is 1.67 bits per heavy atom. The first-order valence-electron chi connectivity index (χ1n) is 8.48. The molecule has 0 N–H and O–H groups in total. The van der Waals surface area contributed by atoms with Gasteiger partial charge in [0.1, 0.15) is 0 Å². The van der Waals surface area contributed by atoms with E-state index in [1.165, 1.54) is 12.6 Å². The van der Waals surface area contributed by atoms with E-state index < -0.39 is 5.60 Å². The third-order valence-corrected chi connectivity index (χ3v) is 4.86. The number of morpholine rings is 1. The van der Waals surface area contributed by atoms with Crippen LogP contribution in [0.3, 0.4) is 0 Å². The summed E-state index contributed by atoms with van der Waals surface area (Å²) in [6, 6.07) is 10.2. The summed E-state index contributed by atoms with van der Waals surface area (Å²) in [5, 5.41) is 0.